The largest absolute Gasteiger partial charge is 0.469 e. The average molecular weight is 517 g/mol. The van der Waals surface area contributed by atoms with E-state index in [4.69, 9.17) is 9.47 Å². The van der Waals surface area contributed by atoms with E-state index < -0.39 is 23.9 Å². The van der Waals surface area contributed by atoms with Crippen LogP contribution in [0.25, 0.3) is 0 Å². The SMILES string of the molecule is C=C(C)[C@@H]1CCC([C@H]2CC[C@@]3(C)[C@@H]4CC[C@H]5[C@](C)(C(=O)OC)[C@@H](O)C[C@H](O)[C@@]56C[C@@]46CC[C@]23C)[C@@H](O)O1. The Labute approximate surface area is 222 Å². The van der Waals surface area contributed by atoms with E-state index >= 15 is 0 Å². The van der Waals surface area contributed by atoms with Gasteiger partial charge in [0.2, 0.25) is 0 Å². The van der Waals surface area contributed by atoms with E-state index in [1.165, 1.54) is 7.11 Å². The van der Waals surface area contributed by atoms with Crippen molar-refractivity contribution in [3.63, 3.8) is 0 Å². The number of carbonyl (C=O) groups is 1. The van der Waals surface area contributed by atoms with Gasteiger partial charge in [0, 0.05) is 17.8 Å². The summed E-state index contributed by atoms with van der Waals surface area (Å²) in [6, 6.07) is 0. The summed E-state index contributed by atoms with van der Waals surface area (Å²) < 4.78 is 11.3. The van der Waals surface area contributed by atoms with Crippen molar-refractivity contribution in [2.24, 2.45) is 50.7 Å². The van der Waals surface area contributed by atoms with Gasteiger partial charge in [-0.3, -0.25) is 4.79 Å². The molecule has 6 aliphatic rings. The number of esters is 1. The topological polar surface area (TPSA) is 96.2 Å². The monoisotopic (exact) mass is 516 g/mol. The zero-order valence-corrected chi connectivity index (χ0v) is 23.5. The van der Waals surface area contributed by atoms with Gasteiger partial charge in [0.15, 0.2) is 6.29 Å². The van der Waals surface area contributed by atoms with E-state index in [2.05, 4.69) is 20.4 Å². The van der Waals surface area contributed by atoms with Gasteiger partial charge >= 0.3 is 5.97 Å². The predicted molar refractivity (Wildman–Crippen MR) is 139 cm³/mol. The van der Waals surface area contributed by atoms with Gasteiger partial charge in [-0.05, 0) is 106 Å². The summed E-state index contributed by atoms with van der Waals surface area (Å²) in [5.74, 6) is 0.668. The summed E-state index contributed by atoms with van der Waals surface area (Å²) in [5.41, 5.74) is -0.0255. The molecule has 0 aromatic rings. The van der Waals surface area contributed by atoms with E-state index in [0.717, 1.165) is 63.4 Å². The van der Waals surface area contributed by atoms with Crippen molar-refractivity contribution in [1.29, 1.82) is 0 Å². The number of rotatable bonds is 3. The third-order valence-corrected chi connectivity index (χ3v) is 14.0. The Hall–Kier alpha value is -0.950. The minimum Gasteiger partial charge on any atom is -0.469 e. The molecule has 3 N–H and O–H groups in total. The number of methoxy groups -OCH3 is 1. The molecule has 1 aliphatic heterocycles. The number of ether oxygens (including phenoxy) is 2. The Kier molecular flexibility index (Phi) is 5.72. The van der Waals surface area contributed by atoms with Crippen molar-refractivity contribution in [2.45, 2.75) is 117 Å². The van der Waals surface area contributed by atoms with Crippen molar-refractivity contribution in [3.05, 3.63) is 12.2 Å². The van der Waals surface area contributed by atoms with Crippen LogP contribution >= 0.6 is 0 Å². The molecule has 1 heterocycles. The average Bonchev–Trinajstić information content (AvgIpc) is 3.48. The molecule has 6 fully saturated rings. The van der Waals surface area contributed by atoms with E-state index in [9.17, 15) is 20.1 Å². The highest BCUT2D eigenvalue weighted by Crippen LogP contribution is 2.89. The van der Waals surface area contributed by atoms with E-state index in [0.29, 0.717) is 11.8 Å². The van der Waals surface area contributed by atoms with Crippen molar-refractivity contribution < 1.29 is 29.6 Å². The fraction of sp³-hybridized carbons (Fsp3) is 0.903. The van der Waals surface area contributed by atoms with Crippen molar-refractivity contribution in [1.82, 2.24) is 0 Å². The molecule has 6 rings (SSSR count). The van der Waals surface area contributed by atoms with Crippen LogP contribution in [0, 0.1) is 50.7 Å². The number of fused-ring (bicyclic) bond motifs is 2. The molecule has 0 aromatic heterocycles. The van der Waals surface area contributed by atoms with E-state index in [1.807, 2.05) is 13.8 Å². The summed E-state index contributed by atoms with van der Waals surface area (Å²) >= 11 is 0. The molecule has 6 nitrogen and oxygen atoms in total. The standard InChI is InChI=1S/C31H48O6/c1-17(2)20-8-7-18(25(34)37-20)19-11-12-28(4)21-9-10-22-29(5,26(35)36-6)23(32)15-24(33)31(22)16-30(21,31)14-13-27(19,28)3/h18-25,32-34H,1,7-16H2,2-6H3/t18?,19-,20+,21+,22+,23+,24+,25+,27-,28+,29+,30+,31-/m1/s1. The molecule has 1 saturated heterocycles. The molecular weight excluding hydrogens is 468 g/mol. The van der Waals surface area contributed by atoms with Gasteiger partial charge in [0.05, 0.1) is 30.8 Å². The first kappa shape index (κ1) is 26.3. The van der Waals surface area contributed by atoms with Crippen LogP contribution in [0.15, 0.2) is 12.2 Å². The van der Waals surface area contributed by atoms with Crippen molar-refractivity contribution >= 4 is 5.97 Å². The zero-order valence-electron chi connectivity index (χ0n) is 23.5. The van der Waals surface area contributed by atoms with Gasteiger partial charge in [0.25, 0.3) is 0 Å². The van der Waals surface area contributed by atoms with Gasteiger partial charge in [-0.15, -0.1) is 0 Å². The Morgan fingerprint density at radius 1 is 0.919 bits per heavy atom. The fourth-order valence-electron chi connectivity index (χ4n) is 11.9. The number of hydrogen-bond donors (Lipinski definition) is 3. The third-order valence-electron chi connectivity index (χ3n) is 14.0. The molecular formula is C31H48O6. The maximum Gasteiger partial charge on any atom is 0.314 e. The van der Waals surface area contributed by atoms with Crippen molar-refractivity contribution in [2.75, 3.05) is 7.11 Å². The van der Waals surface area contributed by atoms with Crippen LogP contribution in [-0.4, -0.2) is 53.0 Å². The molecule has 6 heteroatoms. The van der Waals surface area contributed by atoms with Gasteiger partial charge in [0.1, 0.15) is 0 Å². The third kappa shape index (κ3) is 2.94. The van der Waals surface area contributed by atoms with Crippen LogP contribution in [0.5, 0.6) is 0 Å². The summed E-state index contributed by atoms with van der Waals surface area (Å²) in [6.45, 7) is 12.9. The molecule has 37 heavy (non-hydrogen) atoms. The van der Waals surface area contributed by atoms with Gasteiger partial charge in [-0.1, -0.05) is 26.0 Å². The molecule has 0 amide bonds. The lowest BCUT2D eigenvalue weighted by Gasteiger charge is -2.64. The van der Waals surface area contributed by atoms with Gasteiger partial charge < -0.3 is 24.8 Å². The van der Waals surface area contributed by atoms with Crippen LogP contribution in [0.1, 0.15) is 91.9 Å². The molecule has 5 saturated carbocycles. The van der Waals surface area contributed by atoms with Crippen LogP contribution < -0.4 is 0 Å². The molecule has 13 atom stereocenters. The predicted octanol–water partition coefficient (Wildman–Crippen LogP) is 4.60. The first-order valence-electron chi connectivity index (χ1n) is 14.8. The fourth-order valence-corrected chi connectivity index (χ4v) is 11.9. The first-order chi connectivity index (χ1) is 17.3. The molecule has 1 unspecified atom stereocenters. The number of aliphatic hydroxyl groups excluding tert-OH is 3. The highest BCUT2D eigenvalue weighted by Gasteiger charge is 2.85. The van der Waals surface area contributed by atoms with Crippen LogP contribution in [0.3, 0.4) is 0 Å². The lowest BCUT2D eigenvalue weighted by molar-refractivity contribution is -0.225. The Balaban J connectivity index is 1.32. The second-order valence-electron chi connectivity index (χ2n) is 14.7. The molecule has 0 bridgehead atoms. The van der Waals surface area contributed by atoms with Crippen LogP contribution in [-0.2, 0) is 14.3 Å². The minimum atomic E-state index is -0.967. The summed E-state index contributed by atoms with van der Waals surface area (Å²) in [7, 11) is 1.42. The lowest BCUT2D eigenvalue weighted by Crippen LogP contribution is -2.63. The Morgan fingerprint density at radius 3 is 2.27 bits per heavy atom. The highest BCUT2D eigenvalue weighted by molar-refractivity contribution is 5.78. The molecule has 2 spiro atoms. The summed E-state index contributed by atoms with van der Waals surface area (Å²) in [6.07, 6.45) is 7.14. The summed E-state index contributed by atoms with van der Waals surface area (Å²) in [5, 5.41) is 33.7. The molecule has 208 valence electrons. The zero-order chi connectivity index (χ0) is 26.8. The second kappa shape index (κ2) is 8.05. The van der Waals surface area contributed by atoms with Gasteiger partial charge in [-0.25, -0.2) is 0 Å². The Bertz CT molecular complexity index is 996. The normalized spacial score (nSPS) is 58.4. The molecule has 0 aromatic carbocycles. The smallest absolute Gasteiger partial charge is 0.314 e. The summed E-state index contributed by atoms with van der Waals surface area (Å²) in [4.78, 5) is 13.1. The van der Waals surface area contributed by atoms with Gasteiger partial charge in [-0.2, -0.15) is 0 Å². The number of aliphatic hydroxyl groups is 3. The Morgan fingerprint density at radius 2 is 1.62 bits per heavy atom. The maximum atomic E-state index is 13.1. The maximum absolute atomic E-state index is 13.1. The van der Waals surface area contributed by atoms with E-state index in [1.54, 1.807) is 0 Å². The quantitative estimate of drug-likeness (QED) is 0.375. The van der Waals surface area contributed by atoms with Crippen LogP contribution in [0.2, 0.25) is 0 Å². The molecule has 5 aliphatic carbocycles. The highest BCUT2D eigenvalue weighted by atomic mass is 16.6. The lowest BCUT2D eigenvalue weighted by atomic mass is 9.41. The number of hydrogen-bond acceptors (Lipinski definition) is 6. The molecule has 0 radical (unpaired) electrons. The first-order valence-corrected chi connectivity index (χ1v) is 14.8. The van der Waals surface area contributed by atoms with Crippen LogP contribution in [0.4, 0.5) is 0 Å². The number of carbonyl (C=O) groups excluding carboxylic acids is 1. The second-order valence-corrected chi connectivity index (χ2v) is 14.7. The van der Waals surface area contributed by atoms with Crippen molar-refractivity contribution in [3.8, 4) is 0 Å². The minimum absolute atomic E-state index is 0.0284. The van der Waals surface area contributed by atoms with E-state index in [-0.39, 0.29) is 52.0 Å².